The molecule has 2 aromatic carbocycles. The van der Waals surface area contributed by atoms with Gasteiger partial charge in [0.2, 0.25) is 5.83 Å². The molecule has 0 atom stereocenters. The van der Waals surface area contributed by atoms with Crippen LogP contribution in [0.4, 0.5) is 28.9 Å². The summed E-state index contributed by atoms with van der Waals surface area (Å²) in [6.07, 6.45) is -4.71. The summed E-state index contributed by atoms with van der Waals surface area (Å²) in [5, 5.41) is 5.21. The van der Waals surface area contributed by atoms with Crippen molar-refractivity contribution in [3.8, 4) is 5.75 Å². The van der Waals surface area contributed by atoms with E-state index in [-0.39, 0.29) is 23.6 Å². The molecule has 0 saturated carbocycles. The molecule has 9 heteroatoms. The Morgan fingerprint density at radius 3 is 2.52 bits per heavy atom. The van der Waals surface area contributed by atoms with E-state index in [4.69, 9.17) is 4.74 Å². The first kappa shape index (κ1) is 18.4. The number of hydrogen-bond donors (Lipinski definition) is 2. The molecule has 0 spiro atoms. The number of benzene rings is 2. The number of rotatable bonds is 3. The van der Waals surface area contributed by atoms with E-state index < -0.39 is 17.9 Å². The number of nitrogens with one attached hydrogen (secondary N) is 2. The van der Waals surface area contributed by atoms with Crippen LogP contribution >= 0.6 is 0 Å². The van der Waals surface area contributed by atoms with Gasteiger partial charge in [-0.15, -0.1) is 0 Å². The van der Waals surface area contributed by atoms with Crippen molar-refractivity contribution in [2.75, 3.05) is 17.2 Å². The fourth-order valence-corrected chi connectivity index (χ4v) is 2.31. The summed E-state index contributed by atoms with van der Waals surface area (Å²) < 4.78 is 54.7. The molecule has 0 unspecified atom stereocenters. The predicted octanol–water partition coefficient (Wildman–Crippen LogP) is 4.14. The number of alkyl halides is 3. The highest BCUT2D eigenvalue weighted by Gasteiger charge is 2.34. The molecule has 140 valence electrons. The zero-order valence-electron chi connectivity index (χ0n) is 13.6. The van der Waals surface area contributed by atoms with Gasteiger partial charge in [-0.1, -0.05) is 12.1 Å². The number of carbonyl (C=O) groups is 2. The molecule has 1 aliphatic rings. The maximum absolute atomic E-state index is 12.9. The number of hydrogen-bond acceptors (Lipinski definition) is 3. The largest absolute Gasteiger partial charge is 0.482 e. The molecule has 3 rings (SSSR count). The van der Waals surface area contributed by atoms with E-state index in [9.17, 15) is 27.2 Å². The Bertz CT molecular complexity index is 921. The maximum atomic E-state index is 12.9. The standard InChI is InChI=1S/C18H12F4N2O3/c19-15(18(20,21)22)7-10-1-3-11(4-2-10)17(26)23-12-5-6-13-14(8-12)27-9-16(25)24-13/h1-8H,9H2,(H,23,26)(H,24,25)/b15-7-. The van der Waals surface area contributed by atoms with Gasteiger partial charge in [0, 0.05) is 17.3 Å². The van der Waals surface area contributed by atoms with E-state index in [1.807, 2.05) is 0 Å². The number of halogens is 4. The first-order valence-corrected chi connectivity index (χ1v) is 7.65. The number of fused-ring (bicyclic) bond motifs is 1. The van der Waals surface area contributed by atoms with E-state index >= 15 is 0 Å². The predicted molar refractivity (Wildman–Crippen MR) is 90.1 cm³/mol. The smallest absolute Gasteiger partial charge is 0.442 e. The number of ether oxygens (including phenoxy) is 1. The van der Waals surface area contributed by atoms with Crippen molar-refractivity contribution in [2.24, 2.45) is 0 Å². The lowest BCUT2D eigenvalue weighted by atomic mass is 10.1. The minimum atomic E-state index is -5.05. The number of amides is 2. The van der Waals surface area contributed by atoms with Gasteiger partial charge < -0.3 is 15.4 Å². The van der Waals surface area contributed by atoms with Crippen LogP contribution in [0.25, 0.3) is 6.08 Å². The zero-order valence-corrected chi connectivity index (χ0v) is 13.6. The summed E-state index contributed by atoms with van der Waals surface area (Å²) in [6.45, 7) is -0.131. The van der Waals surface area contributed by atoms with E-state index in [0.29, 0.717) is 23.2 Å². The first-order chi connectivity index (χ1) is 12.7. The van der Waals surface area contributed by atoms with Crippen LogP contribution in [0.3, 0.4) is 0 Å². The summed E-state index contributed by atoms with van der Waals surface area (Å²) in [6, 6.07) is 9.61. The topological polar surface area (TPSA) is 67.4 Å². The second-order valence-electron chi connectivity index (χ2n) is 5.61. The van der Waals surface area contributed by atoms with Crippen molar-refractivity contribution in [1.82, 2.24) is 0 Å². The van der Waals surface area contributed by atoms with Crippen LogP contribution in [-0.2, 0) is 4.79 Å². The summed E-state index contributed by atoms with van der Waals surface area (Å²) >= 11 is 0. The SMILES string of the molecule is O=C1COc2cc(NC(=O)c3ccc(/C=C(\F)C(F)(F)F)cc3)ccc2N1. The van der Waals surface area contributed by atoms with Crippen molar-refractivity contribution in [3.63, 3.8) is 0 Å². The minimum Gasteiger partial charge on any atom is -0.482 e. The van der Waals surface area contributed by atoms with Crippen LogP contribution in [0.1, 0.15) is 15.9 Å². The van der Waals surface area contributed by atoms with Crippen LogP contribution in [0.15, 0.2) is 48.3 Å². The molecule has 5 nitrogen and oxygen atoms in total. The van der Waals surface area contributed by atoms with Crippen LogP contribution in [-0.4, -0.2) is 24.6 Å². The van der Waals surface area contributed by atoms with Crippen molar-refractivity contribution in [1.29, 1.82) is 0 Å². The Morgan fingerprint density at radius 2 is 1.85 bits per heavy atom. The second kappa shape index (κ2) is 7.10. The molecule has 0 radical (unpaired) electrons. The Balaban J connectivity index is 1.71. The van der Waals surface area contributed by atoms with Gasteiger partial charge in [0.25, 0.3) is 11.8 Å². The highest BCUT2D eigenvalue weighted by molar-refractivity contribution is 6.05. The Kier molecular flexibility index (Phi) is 4.85. The molecular weight excluding hydrogens is 368 g/mol. The van der Waals surface area contributed by atoms with Gasteiger partial charge in [-0.05, 0) is 35.9 Å². The molecule has 0 aliphatic carbocycles. The molecule has 0 bridgehead atoms. The normalized spacial score (nSPS) is 14.1. The summed E-state index contributed by atoms with van der Waals surface area (Å²) in [5.74, 6) is -2.62. The Labute approximate surface area is 150 Å². The van der Waals surface area contributed by atoms with Gasteiger partial charge in [0.1, 0.15) is 5.75 Å². The van der Waals surface area contributed by atoms with E-state index in [0.717, 1.165) is 0 Å². The zero-order chi connectivity index (χ0) is 19.6. The molecule has 2 N–H and O–H groups in total. The fraction of sp³-hybridized carbons (Fsp3) is 0.111. The first-order valence-electron chi connectivity index (χ1n) is 7.65. The van der Waals surface area contributed by atoms with Crippen molar-refractivity contribution in [3.05, 3.63) is 59.4 Å². The summed E-state index contributed by atoms with van der Waals surface area (Å²) in [4.78, 5) is 23.5. The van der Waals surface area contributed by atoms with E-state index in [1.54, 1.807) is 12.1 Å². The molecule has 0 fully saturated rings. The molecule has 0 aromatic heterocycles. The third-order valence-electron chi connectivity index (χ3n) is 3.61. The molecular formula is C18H12F4N2O3. The lowest BCUT2D eigenvalue weighted by Gasteiger charge is -2.18. The summed E-state index contributed by atoms with van der Waals surface area (Å²) in [7, 11) is 0. The van der Waals surface area contributed by atoms with Gasteiger partial charge in [-0.3, -0.25) is 9.59 Å². The molecule has 27 heavy (non-hydrogen) atoms. The minimum absolute atomic E-state index is 0.0284. The van der Waals surface area contributed by atoms with E-state index in [1.165, 1.54) is 30.3 Å². The van der Waals surface area contributed by atoms with Gasteiger partial charge in [-0.25, -0.2) is 4.39 Å². The number of anilines is 2. The van der Waals surface area contributed by atoms with E-state index in [2.05, 4.69) is 10.6 Å². The quantitative estimate of drug-likeness (QED) is 0.787. The van der Waals surface area contributed by atoms with Crippen molar-refractivity contribution < 1.29 is 31.9 Å². The van der Waals surface area contributed by atoms with Gasteiger partial charge in [0.15, 0.2) is 6.61 Å². The molecule has 2 amide bonds. The van der Waals surface area contributed by atoms with Crippen LogP contribution in [0, 0.1) is 0 Å². The van der Waals surface area contributed by atoms with Crippen molar-refractivity contribution in [2.45, 2.75) is 6.18 Å². The number of allylic oxidation sites excluding steroid dienone is 1. The Hall–Kier alpha value is -3.36. The lowest BCUT2D eigenvalue weighted by Crippen LogP contribution is -2.25. The maximum Gasteiger partial charge on any atom is 0.442 e. The fourth-order valence-electron chi connectivity index (χ4n) is 2.31. The van der Waals surface area contributed by atoms with Crippen molar-refractivity contribution >= 4 is 29.3 Å². The second-order valence-corrected chi connectivity index (χ2v) is 5.61. The highest BCUT2D eigenvalue weighted by Crippen LogP contribution is 2.31. The van der Waals surface area contributed by atoms with Gasteiger partial charge in [-0.2, -0.15) is 13.2 Å². The van der Waals surface area contributed by atoms with Crippen LogP contribution < -0.4 is 15.4 Å². The van der Waals surface area contributed by atoms with Crippen LogP contribution in [0.2, 0.25) is 0 Å². The van der Waals surface area contributed by atoms with Gasteiger partial charge >= 0.3 is 6.18 Å². The Morgan fingerprint density at radius 1 is 1.15 bits per heavy atom. The molecule has 2 aromatic rings. The lowest BCUT2D eigenvalue weighted by molar-refractivity contribution is -0.118. The molecule has 1 heterocycles. The van der Waals surface area contributed by atoms with Crippen LogP contribution in [0.5, 0.6) is 5.75 Å². The molecule has 0 saturated heterocycles. The number of carbonyl (C=O) groups excluding carboxylic acids is 2. The summed E-state index contributed by atoms with van der Waals surface area (Å²) in [5.41, 5.74) is 1.03. The molecule has 1 aliphatic heterocycles. The average molecular weight is 380 g/mol. The highest BCUT2D eigenvalue weighted by atomic mass is 19.4. The monoisotopic (exact) mass is 380 g/mol. The third kappa shape index (κ3) is 4.43. The average Bonchev–Trinajstić information content (AvgIpc) is 2.61. The third-order valence-corrected chi connectivity index (χ3v) is 3.61. The van der Waals surface area contributed by atoms with Gasteiger partial charge in [0.05, 0.1) is 5.69 Å².